The summed E-state index contributed by atoms with van der Waals surface area (Å²) in [6.45, 7) is 4.06. The molecule has 20 heavy (non-hydrogen) atoms. The van der Waals surface area contributed by atoms with Gasteiger partial charge in [-0.1, -0.05) is 24.3 Å². The Bertz CT molecular complexity index is 670. The highest BCUT2D eigenvalue weighted by molar-refractivity contribution is 7.12. The van der Waals surface area contributed by atoms with Gasteiger partial charge in [0.1, 0.15) is 0 Å². The zero-order valence-corrected chi connectivity index (χ0v) is 12.5. The predicted molar refractivity (Wildman–Crippen MR) is 80.6 cm³/mol. The van der Waals surface area contributed by atoms with E-state index in [0.29, 0.717) is 12.8 Å². The van der Waals surface area contributed by atoms with Crippen LogP contribution in [0.4, 0.5) is 0 Å². The number of rotatable bonds is 2. The van der Waals surface area contributed by atoms with Crippen LogP contribution in [0.1, 0.15) is 32.5 Å². The minimum atomic E-state index is -0.720. The summed E-state index contributed by atoms with van der Waals surface area (Å²) in [5.74, 6) is 0. The molecule has 0 aliphatic heterocycles. The molecule has 1 N–H and O–H groups in total. The summed E-state index contributed by atoms with van der Waals surface area (Å²) in [5, 5.41) is 20.5. The van der Waals surface area contributed by atoms with Crippen molar-refractivity contribution in [3.05, 3.63) is 56.8 Å². The van der Waals surface area contributed by atoms with Crippen LogP contribution in [-0.4, -0.2) is 5.11 Å². The molecule has 2 nitrogen and oxygen atoms in total. The predicted octanol–water partition coefficient (Wildman–Crippen LogP) is 3.71. The first-order chi connectivity index (χ1) is 9.55. The summed E-state index contributed by atoms with van der Waals surface area (Å²) in [6.07, 6.45) is 0.550. The van der Waals surface area contributed by atoms with Crippen molar-refractivity contribution in [3.63, 3.8) is 0 Å². The number of hydrogen-bond donors (Lipinski definition) is 1. The number of aliphatic hydroxyl groups excluding tert-OH is 1. The van der Waals surface area contributed by atoms with Crippen LogP contribution in [0.5, 0.6) is 0 Å². The van der Waals surface area contributed by atoms with E-state index in [2.05, 4.69) is 18.2 Å². The fourth-order valence-electron chi connectivity index (χ4n) is 3.20. The second-order valence-corrected chi connectivity index (χ2v) is 7.12. The molecule has 1 aromatic carbocycles. The van der Waals surface area contributed by atoms with E-state index in [0.717, 1.165) is 10.4 Å². The van der Waals surface area contributed by atoms with Gasteiger partial charge < -0.3 is 5.11 Å². The van der Waals surface area contributed by atoms with Crippen molar-refractivity contribution in [1.29, 1.82) is 5.26 Å². The number of fused-ring (bicyclic) bond motifs is 1. The molecule has 1 heterocycles. The average Bonchev–Trinajstić information content (AvgIpc) is 2.98. The maximum Gasteiger partial charge on any atom is 0.0993 e. The molecule has 0 saturated heterocycles. The van der Waals surface area contributed by atoms with Crippen molar-refractivity contribution >= 4 is 11.3 Å². The van der Waals surface area contributed by atoms with Gasteiger partial charge in [-0.15, -0.1) is 11.3 Å². The molecule has 0 bridgehead atoms. The Morgan fingerprint density at radius 2 is 1.85 bits per heavy atom. The molecule has 0 fully saturated rings. The molecule has 0 amide bonds. The Morgan fingerprint density at radius 3 is 2.30 bits per heavy atom. The summed E-state index contributed by atoms with van der Waals surface area (Å²) >= 11 is 1.68. The fraction of sp³-hybridized carbons (Fsp3) is 0.353. The summed E-state index contributed by atoms with van der Waals surface area (Å²) < 4.78 is 0. The van der Waals surface area contributed by atoms with E-state index in [1.165, 1.54) is 16.0 Å². The number of nitrogens with zero attached hydrogens (tertiary/aromatic N) is 1. The van der Waals surface area contributed by atoms with Crippen LogP contribution in [0.2, 0.25) is 0 Å². The Morgan fingerprint density at radius 1 is 1.25 bits per heavy atom. The first-order valence-corrected chi connectivity index (χ1v) is 7.60. The summed E-state index contributed by atoms with van der Waals surface area (Å²) in [6, 6.07) is 12.6. The number of aliphatic hydroxyl groups is 1. The van der Waals surface area contributed by atoms with Gasteiger partial charge in [-0.2, -0.15) is 5.26 Å². The molecule has 0 saturated carbocycles. The average molecular weight is 283 g/mol. The van der Waals surface area contributed by atoms with Crippen LogP contribution in [0.25, 0.3) is 0 Å². The highest BCUT2D eigenvalue weighted by Crippen LogP contribution is 2.47. The smallest absolute Gasteiger partial charge is 0.0993 e. The molecule has 2 aromatic rings. The number of nitriles is 1. The quantitative estimate of drug-likeness (QED) is 0.913. The van der Waals surface area contributed by atoms with E-state index in [-0.39, 0.29) is 0 Å². The molecule has 1 atom stereocenters. The normalized spacial score (nSPS) is 17.5. The van der Waals surface area contributed by atoms with Gasteiger partial charge >= 0.3 is 0 Å². The van der Waals surface area contributed by atoms with Gasteiger partial charge in [-0.05, 0) is 49.4 Å². The molecule has 0 spiro atoms. The number of aryl methyl sites for hydroxylation is 2. The molecule has 102 valence electrons. The first-order valence-electron chi connectivity index (χ1n) is 6.79. The van der Waals surface area contributed by atoms with E-state index in [1.54, 1.807) is 11.3 Å². The summed E-state index contributed by atoms with van der Waals surface area (Å²) in [4.78, 5) is 2.29. The molecule has 3 heteroatoms. The molecule has 1 unspecified atom stereocenters. The third kappa shape index (κ3) is 1.96. The third-order valence-electron chi connectivity index (χ3n) is 4.25. The van der Waals surface area contributed by atoms with Crippen molar-refractivity contribution in [1.82, 2.24) is 0 Å². The van der Waals surface area contributed by atoms with Gasteiger partial charge in [-0.3, -0.25) is 0 Å². The molecule has 1 aromatic heterocycles. The molecule has 0 radical (unpaired) electrons. The first kappa shape index (κ1) is 13.4. The van der Waals surface area contributed by atoms with Crippen LogP contribution in [0.3, 0.4) is 0 Å². The minimum Gasteiger partial charge on any atom is -0.387 e. The minimum absolute atomic E-state index is 0.634. The van der Waals surface area contributed by atoms with E-state index < -0.39 is 11.5 Å². The van der Waals surface area contributed by atoms with Gasteiger partial charge in [0.25, 0.3) is 0 Å². The van der Waals surface area contributed by atoms with Crippen molar-refractivity contribution in [2.45, 2.75) is 32.8 Å². The largest absolute Gasteiger partial charge is 0.387 e. The lowest BCUT2D eigenvalue weighted by molar-refractivity contribution is 0.0692. The zero-order valence-electron chi connectivity index (χ0n) is 11.7. The van der Waals surface area contributed by atoms with Crippen LogP contribution in [0, 0.1) is 30.6 Å². The molecule has 1 aliphatic rings. The van der Waals surface area contributed by atoms with Crippen LogP contribution >= 0.6 is 11.3 Å². The number of hydrogen-bond acceptors (Lipinski definition) is 3. The van der Waals surface area contributed by atoms with Crippen molar-refractivity contribution in [2.75, 3.05) is 0 Å². The van der Waals surface area contributed by atoms with Gasteiger partial charge in [0, 0.05) is 9.75 Å². The lowest BCUT2D eigenvalue weighted by Gasteiger charge is -2.27. The standard InChI is InChI=1S/C17H17NOS/c1-11-7-15(12(2)20-11)16(19)17(10-18)8-13-5-3-4-6-14(13)9-17/h3-7,16,19H,8-9H2,1-2H3. The van der Waals surface area contributed by atoms with Crippen LogP contribution in [0.15, 0.2) is 30.3 Å². The highest BCUT2D eigenvalue weighted by atomic mass is 32.1. The molecule has 1 aliphatic carbocycles. The fourth-order valence-corrected chi connectivity index (χ4v) is 4.16. The lowest BCUT2D eigenvalue weighted by Crippen LogP contribution is -2.28. The molecular weight excluding hydrogens is 266 g/mol. The van der Waals surface area contributed by atoms with E-state index >= 15 is 0 Å². The topological polar surface area (TPSA) is 44.0 Å². The van der Waals surface area contributed by atoms with Crippen LogP contribution in [-0.2, 0) is 12.8 Å². The second kappa shape index (κ2) is 4.73. The van der Waals surface area contributed by atoms with Gasteiger partial charge in [-0.25, -0.2) is 0 Å². The van der Waals surface area contributed by atoms with E-state index in [4.69, 9.17) is 0 Å². The van der Waals surface area contributed by atoms with E-state index in [9.17, 15) is 10.4 Å². The van der Waals surface area contributed by atoms with E-state index in [1.807, 2.05) is 32.0 Å². The molecular formula is C17H17NOS. The second-order valence-electron chi connectivity index (χ2n) is 5.66. The lowest BCUT2D eigenvalue weighted by atomic mass is 9.77. The van der Waals surface area contributed by atoms with Gasteiger partial charge in [0.15, 0.2) is 0 Å². The van der Waals surface area contributed by atoms with Gasteiger partial charge in [0.05, 0.1) is 17.6 Å². The molecule has 3 rings (SSSR count). The monoisotopic (exact) mass is 283 g/mol. The van der Waals surface area contributed by atoms with Crippen molar-refractivity contribution in [3.8, 4) is 6.07 Å². The Hall–Kier alpha value is -1.63. The summed E-state index contributed by atoms with van der Waals surface area (Å²) in [5.41, 5.74) is 2.58. The SMILES string of the molecule is Cc1cc(C(O)C2(C#N)Cc3ccccc3C2)c(C)s1. The summed E-state index contributed by atoms with van der Waals surface area (Å²) in [7, 11) is 0. The number of benzene rings is 1. The third-order valence-corrected chi connectivity index (χ3v) is 5.23. The maximum absolute atomic E-state index is 10.8. The highest BCUT2D eigenvalue weighted by Gasteiger charge is 2.45. The maximum atomic E-state index is 10.8. The zero-order chi connectivity index (χ0) is 14.3. The Kier molecular flexibility index (Phi) is 3.16. The van der Waals surface area contributed by atoms with Crippen molar-refractivity contribution in [2.24, 2.45) is 5.41 Å². The Balaban J connectivity index is 2.00. The van der Waals surface area contributed by atoms with Crippen molar-refractivity contribution < 1.29 is 5.11 Å². The Labute approximate surface area is 123 Å². The van der Waals surface area contributed by atoms with Crippen LogP contribution < -0.4 is 0 Å². The van der Waals surface area contributed by atoms with Gasteiger partial charge in [0.2, 0.25) is 0 Å². The number of thiophene rings is 1.